The van der Waals surface area contributed by atoms with E-state index in [1.54, 1.807) is 7.11 Å². The Balaban J connectivity index is 2.27. The summed E-state index contributed by atoms with van der Waals surface area (Å²) in [6.07, 6.45) is 0. The molecule has 1 aliphatic rings. The van der Waals surface area contributed by atoms with Crippen molar-refractivity contribution >= 4 is 15.9 Å². The van der Waals surface area contributed by atoms with Crippen LogP contribution >= 0.6 is 15.9 Å². The number of halogens is 1. The molecule has 15 heavy (non-hydrogen) atoms. The Kier molecular flexibility index (Phi) is 3.29. The largest absolute Gasteiger partial charge is 0.496 e. The fourth-order valence-electron chi connectivity index (χ4n) is 1.78. The molecule has 1 atom stereocenters. The van der Waals surface area contributed by atoms with Crippen molar-refractivity contribution in [3.05, 3.63) is 28.2 Å². The fraction of sp³-hybridized carbons (Fsp3) is 0.455. The Morgan fingerprint density at radius 2 is 2.27 bits per heavy atom. The van der Waals surface area contributed by atoms with Gasteiger partial charge in [0, 0.05) is 35.1 Å². The van der Waals surface area contributed by atoms with Crippen LogP contribution in [0.15, 0.2) is 22.7 Å². The maximum absolute atomic E-state index is 6.20. The van der Waals surface area contributed by atoms with Crippen molar-refractivity contribution in [2.24, 2.45) is 11.7 Å². The molecule has 1 aliphatic heterocycles. The molecule has 0 aromatic heterocycles. The molecular formula is C11H15BrN2O. The molecule has 2 rings (SSSR count). The Bertz CT molecular complexity index is 352. The van der Waals surface area contributed by atoms with E-state index in [9.17, 15) is 0 Å². The maximum Gasteiger partial charge on any atom is 0.123 e. The van der Waals surface area contributed by atoms with Crippen LogP contribution in [0.25, 0.3) is 0 Å². The van der Waals surface area contributed by atoms with E-state index >= 15 is 0 Å². The van der Waals surface area contributed by atoms with Crippen molar-refractivity contribution in [1.29, 1.82) is 0 Å². The zero-order chi connectivity index (χ0) is 10.8. The number of ether oxygens (including phenoxy) is 1. The number of nitrogens with one attached hydrogen (secondary N) is 1. The van der Waals surface area contributed by atoms with Crippen molar-refractivity contribution in [3.63, 3.8) is 0 Å². The van der Waals surface area contributed by atoms with E-state index < -0.39 is 0 Å². The highest BCUT2D eigenvalue weighted by atomic mass is 79.9. The molecule has 0 amide bonds. The number of methoxy groups -OCH3 is 1. The molecule has 1 aromatic carbocycles. The molecule has 1 aromatic rings. The topological polar surface area (TPSA) is 47.3 Å². The van der Waals surface area contributed by atoms with E-state index in [4.69, 9.17) is 10.5 Å². The fourth-order valence-corrected chi connectivity index (χ4v) is 2.16. The maximum atomic E-state index is 6.20. The van der Waals surface area contributed by atoms with E-state index in [1.807, 2.05) is 18.2 Å². The first-order chi connectivity index (χ1) is 7.22. The minimum absolute atomic E-state index is 0.0544. The van der Waals surface area contributed by atoms with Gasteiger partial charge in [-0.3, -0.25) is 0 Å². The van der Waals surface area contributed by atoms with Crippen molar-refractivity contribution in [1.82, 2.24) is 5.32 Å². The minimum Gasteiger partial charge on any atom is -0.496 e. The predicted octanol–water partition coefficient (Wildman–Crippen LogP) is 1.68. The van der Waals surface area contributed by atoms with Gasteiger partial charge >= 0.3 is 0 Å². The first kappa shape index (κ1) is 10.9. The van der Waals surface area contributed by atoms with Gasteiger partial charge in [-0.25, -0.2) is 0 Å². The third kappa shape index (κ3) is 2.17. The van der Waals surface area contributed by atoms with Crippen LogP contribution in [0.1, 0.15) is 11.6 Å². The molecule has 0 radical (unpaired) electrons. The molecule has 4 heteroatoms. The summed E-state index contributed by atoms with van der Waals surface area (Å²) < 4.78 is 6.36. The number of hydrogen-bond acceptors (Lipinski definition) is 3. The van der Waals surface area contributed by atoms with Crippen LogP contribution in [0.4, 0.5) is 0 Å². The molecule has 0 spiro atoms. The van der Waals surface area contributed by atoms with Gasteiger partial charge in [0.15, 0.2) is 0 Å². The quantitative estimate of drug-likeness (QED) is 0.879. The number of hydrogen-bond donors (Lipinski definition) is 2. The molecule has 0 bridgehead atoms. The number of benzene rings is 1. The van der Waals surface area contributed by atoms with Crippen molar-refractivity contribution < 1.29 is 4.74 Å². The highest BCUT2D eigenvalue weighted by molar-refractivity contribution is 9.10. The van der Waals surface area contributed by atoms with Gasteiger partial charge in [-0.15, -0.1) is 0 Å². The van der Waals surface area contributed by atoms with Crippen LogP contribution in [0, 0.1) is 5.92 Å². The van der Waals surface area contributed by atoms with Crippen LogP contribution in [-0.2, 0) is 0 Å². The summed E-state index contributed by atoms with van der Waals surface area (Å²) in [6.45, 7) is 1.99. The van der Waals surface area contributed by atoms with Gasteiger partial charge < -0.3 is 15.8 Å². The lowest BCUT2D eigenvalue weighted by Crippen LogP contribution is -2.47. The van der Waals surface area contributed by atoms with E-state index in [1.165, 1.54) is 0 Å². The Morgan fingerprint density at radius 1 is 1.53 bits per heavy atom. The van der Waals surface area contributed by atoms with Crippen LogP contribution in [0.3, 0.4) is 0 Å². The van der Waals surface area contributed by atoms with E-state index in [0.717, 1.165) is 28.9 Å². The second-order valence-corrected chi connectivity index (χ2v) is 4.75. The van der Waals surface area contributed by atoms with Gasteiger partial charge in [0.05, 0.1) is 7.11 Å². The Labute approximate surface area is 98.1 Å². The zero-order valence-electron chi connectivity index (χ0n) is 8.66. The van der Waals surface area contributed by atoms with E-state index in [2.05, 4.69) is 21.2 Å². The third-order valence-electron chi connectivity index (χ3n) is 2.87. The third-order valence-corrected chi connectivity index (χ3v) is 3.37. The summed E-state index contributed by atoms with van der Waals surface area (Å²) >= 11 is 3.46. The lowest BCUT2D eigenvalue weighted by Gasteiger charge is -2.33. The van der Waals surface area contributed by atoms with Gasteiger partial charge in [-0.05, 0) is 18.2 Å². The van der Waals surface area contributed by atoms with Gasteiger partial charge in [-0.2, -0.15) is 0 Å². The molecule has 82 valence electrons. The first-order valence-electron chi connectivity index (χ1n) is 5.02. The normalized spacial score (nSPS) is 18.3. The van der Waals surface area contributed by atoms with Gasteiger partial charge in [0.25, 0.3) is 0 Å². The summed E-state index contributed by atoms with van der Waals surface area (Å²) in [5.74, 6) is 1.39. The summed E-state index contributed by atoms with van der Waals surface area (Å²) in [6, 6.07) is 6.01. The number of nitrogens with two attached hydrogens (primary N) is 1. The number of rotatable bonds is 3. The molecule has 1 fully saturated rings. The van der Waals surface area contributed by atoms with Crippen molar-refractivity contribution in [3.8, 4) is 5.75 Å². The average Bonchev–Trinajstić information content (AvgIpc) is 2.15. The summed E-state index contributed by atoms with van der Waals surface area (Å²) in [5.41, 5.74) is 7.29. The lowest BCUT2D eigenvalue weighted by molar-refractivity contribution is 0.288. The summed E-state index contributed by atoms with van der Waals surface area (Å²) in [4.78, 5) is 0. The highest BCUT2D eigenvalue weighted by Crippen LogP contribution is 2.32. The SMILES string of the molecule is COc1ccc(Br)cc1C(N)C1CNC1. The van der Waals surface area contributed by atoms with Crippen molar-refractivity contribution in [2.45, 2.75) is 6.04 Å². The Hall–Kier alpha value is -0.580. The molecular weight excluding hydrogens is 256 g/mol. The van der Waals surface area contributed by atoms with Crippen LogP contribution < -0.4 is 15.8 Å². The second kappa shape index (κ2) is 4.51. The monoisotopic (exact) mass is 270 g/mol. The summed E-state index contributed by atoms with van der Waals surface area (Å²) in [7, 11) is 1.68. The molecule has 0 saturated carbocycles. The summed E-state index contributed by atoms with van der Waals surface area (Å²) in [5, 5.41) is 3.23. The molecule has 3 nitrogen and oxygen atoms in total. The second-order valence-electron chi connectivity index (χ2n) is 3.83. The van der Waals surface area contributed by atoms with Crippen molar-refractivity contribution in [2.75, 3.05) is 20.2 Å². The van der Waals surface area contributed by atoms with Gasteiger partial charge in [0.2, 0.25) is 0 Å². The van der Waals surface area contributed by atoms with Gasteiger partial charge in [0.1, 0.15) is 5.75 Å². The van der Waals surface area contributed by atoms with E-state index in [-0.39, 0.29) is 6.04 Å². The standard InChI is InChI=1S/C11H15BrN2O/c1-15-10-3-2-8(12)4-9(10)11(13)7-5-14-6-7/h2-4,7,11,14H,5-6,13H2,1H3. The molecule has 1 saturated heterocycles. The average molecular weight is 271 g/mol. The van der Waals surface area contributed by atoms with E-state index in [0.29, 0.717) is 5.92 Å². The minimum atomic E-state index is 0.0544. The predicted molar refractivity (Wildman–Crippen MR) is 64.0 cm³/mol. The molecule has 1 unspecified atom stereocenters. The van der Waals surface area contributed by atoms with Crippen LogP contribution in [-0.4, -0.2) is 20.2 Å². The smallest absolute Gasteiger partial charge is 0.123 e. The lowest BCUT2D eigenvalue weighted by atomic mass is 9.89. The molecule has 3 N–H and O–H groups in total. The van der Waals surface area contributed by atoms with Crippen LogP contribution in [0.2, 0.25) is 0 Å². The van der Waals surface area contributed by atoms with Gasteiger partial charge in [-0.1, -0.05) is 15.9 Å². The molecule has 0 aliphatic carbocycles. The van der Waals surface area contributed by atoms with Crippen LogP contribution in [0.5, 0.6) is 5.75 Å². The zero-order valence-corrected chi connectivity index (χ0v) is 10.3. The first-order valence-corrected chi connectivity index (χ1v) is 5.81. The highest BCUT2D eigenvalue weighted by Gasteiger charge is 2.27. The molecule has 1 heterocycles. The Morgan fingerprint density at radius 3 is 2.80 bits per heavy atom.